The van der Waals surface area contributed by atoms with Crippen LogP contribution < -0.4 is 0 Å². The molecule has 0 amide bonds. The quantitative estimate of drug-likeness (QED) is 0.659. The Morgan fingerprint density at radius 1 is 1.36 bits per heavy atom. The maximum atomic E-state index is 10.6. The van der Waals surface area contributed by atoms with Gasteiger partial charge >= 0.3 is 5.43 Å². The van der Waals surface area contributed by atoms with Gasteiger partial charge in [0.1, 0.15) is 6.10 Å². The molecular formula is C9H15Cl2NO2. The number of fused-ring (bicyclic) bond motifs is 2. The zero-order valence-electron chi connectivity index (χ0n) is 8.11. The molecule has 2 aliphatic rings. The van der Waals surface area contributed by atoms with Gasteiger partial charge in [-0.15, -0.1) is 12.4 Å². The molecule has 0 unspecified atom stereocenters. The van der Waals surface area contributed by atoms with Crippen molar-refractivity contribution in [3.05, 3.63) is 0 Å². The second kappa shape index (κ2) is 4.69. The van der Waals surface area contributed by atoms with Gasteiger partial charge in [-0.25, -0.2) is 4.79 Å². The molecule has 0 aliphatic carbocycles. The van der Waals surface area contributed by atoms with Gasteiger partial charge in [0, 0.05) is 36.5 Å². The molecule has 0 aromatic carbocycles. The summed E-state index contributed by atoms with van der Waals surface area (Å²) in [7, 11) is 2.15. The molecule has 5 heteroatoms. The van der Waals surface area contributed by atoms with E-state index in [2.05, 4.69) is 11.9 Å². The maximum Gasteiger partial charge on any atom is 0.404 e. The van der Waals surface area contributed by atoms with Gasteiger partial charge in [-0.2, -0.15) is 0 Å². The fourth-order valence-electron chi connectivity index (χ4n) is 2.59. The summed E-state index contributed by atoms with van der Waals surface area (Å²) >= 11 is 5.19. The SMILES string of the molecule is CN1[C@@H]2CC[C@H]1C[C@@H](OC(=O)Cl)C2.Cl. The lowest BCUT2D eigenvalue weighted by Gasteiger charge is -2.35. The Kier molecular flexibility index (Phi) is 4.04. The molecule has 2 saturated heterocycles. The highest BCUT2D eigenvalue weighted by atomic mass is 35.5. The molecule has 2 bridgehead atoms. The highest BCUT2D eigenvalue weighted by Gasteiger charge is 2.39. The van der Waals surface area contributed by atoms with E-state index in [1.165, 1.54) is 12.8 Å². The Morgan fingerprint density at radius 3 is 2.29 bits per heavy atom. The van der Waals surface area contributed by atoms with Crippen molar-refractivity contribution in [2.75, 3.05) is 7.05 Å². The Labute approximate surface area is 95.1 Å². The summed E-state index contributed by atoms with van der Waals surface area (Å²) in [5.74, 6) is 0. The van der Waals surface area contributed by atoms with E-state index >= 15 is 0 Å². The van der Waals surface area contributed by atoms with Gasteiger partial charge < -0.3 is 9.64 Å². The van der Waals surface area contributed by atoms with Crippen LogP contribution in [-0.2, 0) is 4.74 Å². The van der Waals surface area contributed by atoms with Crippen LogP contribution in [0, 0.1) is 0 Å². The van der Waals surface area contributed by atoms with E-state index < -0.39 is 5.43 Å². The van der Waals surface area contributed by atoms with Gasteiger partial charge in [0.05, 0.1) is 0 Å². The highest BCUT2D eigenvalue weighted by molar-refractivity contribution is 6.61. The van der Waals surface area contributed by atoms with Crippen LogP contribution in [0.2, 0.25) is 0 Å². The molecule has 0 spiro atoms. The van der Waals surface area contributed by atoms with Gasteiger partial charge in [-0.1, -0.05) is 0 Å². The number of hydrogen-bond acceptors (Lipinski definition) is 3. The first-order chi connectivity index (χ1) is 6.16. The van der Waals surface area contributed by atoms with Gasteiger partial charge in [-0.3, -0.25) is 0 Å². The first-order valence-corrected chi connectivity index (χ1v) is 5.12. The van der Waals surface area contributed by atoms with Crippen LogP contribution in [0.25, 0.3) is 0 Å². The highest BCUT2D eigenvalue weighted by Crippen LogP contribution is 2.35. The normalized spacial score (nSPS) is 36.3. The summed E-state index contributed by atoms with van der Waals surface area (Å²) in [6.07, 6.45) is 4.42. The average Bonchev–Trinajstić information content (AvgIpc) is 2.33. The number of ether oxygens (including phenoxy) is 1. The molecule has 0 aromatic rings. The van der Waals surface area contributed by atoms with E-state index in [1.54, 1.807) is 0 Å². The molecule has 2 rings (SSSR count). The maximum absolute atomic E-state index is 10.6. The minimum absolute atomic E-state index is 0. The molecule has 2 heterocycles. The molecule has 0 radical (unpaired) electrons. The second-order valence-corrected chi connectivity index (χ2v) is 4.31. The topological polar surface area (TPSA) is 29.5 Å². The zero-order chi connectivity index (χ0) is 9.42. The van der Waals surface area contributed by atoms with Crippen LogP contribution in [0.5, 0.6) is 0 Å². The molecule has 0 N–H and O–H groups in total. The van der Waals surface area contributed by atoms with E-state index in [1.807, 2.05) is 0 Å². The predicted molar refractivity (Wildman–Crippen MR) is 57.2 cm³/mol. The van der Waals surface area contributed by atoms with Crippen LogP contribution in [0.15, 0.2) is 0 Å². The standard InChI is InChI=1S/C9H14ClNO2.ClH/c1-11-6-2-3-7(11)5-8(4-6)13-9(10)12;/h6-8H,2-5H2,1H3;1H/t6-,7+,8+;. The van der Waals surface area contributed by atoms with E-state index in [-0.39, 0.29) is 18.5 Å². The number of hydrogen-bond donors (Lipinski definition) is 0. The lowest BCUT2D eigenvalue weighted by atomic mass is 10.0. The van der Waals surface area contributed by atoms with Crippen LogP contribution in [0.3, 0.4) is 0 Å². The summed E-state index contributed by atoms with van der Waals surface area (Å²) < 4.78 is 5.02. The van der Waals surface area contributed by atoms with Crippen molar-refractivity contribution in [1.29, 1.82) is 0 Å². The van der Waals surface area contributed by atoms with Gasteiger partial charge in [0.2, 0.25) is 0 Å². The van der Waals surface area contributed by atoms with Gasteiger partial charge in [0.15, 0.2) is 0 Å². The Morgan fingerprint density at radius 2 is 1.86 bits per heavy atom. The second-order valence-electron chi connectivity index (χ2n) is 4.00. The third-order valence-corrected chi connectivity index (χ3v) is 3.40. The zero-order valence-corrected chi connectivity index (χ0v) is 9.68. The summed E-state index contributed by atoms with van der Waals surface area (Å²) in [6, 6.07) is 1.19. The van der Waals surface area contributed by atoms with Crippen LogP contribution in [0.4, 0.5) is 4.79 Å². The number of carbonyl (C=O) groups is 1. The molecule has 3 atom stereocenters. The molecule has 2 aliphatic heterocycles. The largest absolute Gasteiger partial charge is 0.450 e. The smallest absolute Gasteiger partial charge is 0.404 e. The third kappa shape index (κ3) is 2.33. The minimum atomic E-state index is -0.658. The monoisotopic (exact) mass is 239 g/mol. The lowest BCUT2D eigenvalue weighted by molar-refractivity contribution is 0.0399. The van der Waals surface area contributed by atoms with Crippen molar-refractivity contribution in [3.63, 3.8) is 0 Å². The summed E-state index contributed by atoms with van der Waals surface area (Å²) in [4.78, 5) is 13.0. The van der Waals surface area contributed by atoms with Crippen molar-refractivity contribution in [2.24, 2.45) is 0 Å². The molecule has 0 saturated carbocycles. The first kappa shape index (κ1) is 12.1. The Bertz CT molecular complexity index is 211. The Hall–Kier alpha value is 0.01000. The number of halogens is 2. The lowest BCUT2D eigenvalue weighted by Crippen LogP contribution is -2.43. The van der Waals surface area contributed by atoms with Crippen LogP contribution >= 0.6 is 24.0 Å². The van der Waals surface area contributed by atoms with E-state index in [4.69, 9.17) is 16.3 Å². The summed E-state index contributed by atoms with van der Waals surface area (Å²) in [6.45, 7) is 0. The Balaban J connectivity index is 0.000000980. The fraction of sp³-hybridized carbons (Fsp3) is 0.889. The number of carbonyl (C=O) groups excluding carboxylic acids is 1. The molecule has 2 fully saturated rings. The number of rotatable bonds is 1. The van der Waals surface area contributed by atoms with Crippen LogP contribution in [0.1, 0.15) is 25.7 Å². The summed E-state index contributed by atoms with van der Waals surface area (Å²) in [5, 5.41) is 0. The molecule has 3 nitrogen and oxygen atoms in total. The van der Waals surface area contributed by atoms with E-state index in [9.17, 15) is 4.79 Å². The van der Waals surface area contributed by atoms with E-state index in [0.29, 0.717) is 12.1 Å². The van der Waals surface area contributed by atoms with E-state index in [0.717, 1.165) is 12.8 Å². The molecular weight excluding hydrogens is 225 g/mol. The first-order valence-electron chi connectivity index (χ1n) is 4.75. The summed E-state index contributed by atoms with van der Waals surface area (Å²) in [5.41, 5.74) is -0.658. The molecule has 0 aromatic heterocycles. The molecule has 82 valence electrons. The predicted octanol–water partition coefficient (Wildman–Crippen LogP) is 2.41. The fourth-order valence-corrected chi connectivity index (χ4v) is 2.71. The van der Waals surface area contributed by atoms with Gasteiger partial charge in [0.25, 0.3) is 0 Å². The number of nitrogens with zero attached hydrogens (tertiary/aromatic N) is 1. The van der Waals surface area contributed by atoms with Crippen LogP contribution in [-0.4, -0.2) is 35.6 Å². The minimum Gasteiger partial charge on any atom is -0.450 e. The van der Waals surface area contributed by atoms with Gasteiger partial charge in [-0.05, 0) is 19.9 Å². The van der Waals surface area contributed by atoms with Crippen molar-refractivity contribution in [2.45, 2.75) is 43.9 Å². The number of piperidine rings is 1. The van der Waals surface area contributed by atoms with Crippen molar-refractivity contribution in [3.8, 4) is 0 Å². The van der Waals surface area contributed by atoms with Crippen molar-refractivity contribution in [1.82, 2.24) is 4.90 Å². The third-order valence-electron chi connectivity index (χ3n) is 3.31. The molecule has 14 heavy (non-hydrogen) atoms. The van der Waals surface area contributed by atoms with Crippen molar-refractivity contribution < 1.29 is 9.53 Å². The van der Waals surface area contributed by atoms with Crippen molar-refractivity contribution >= 4 is 29.4 Å². The average molecular weight is 240 g/mol.